The van der Waals surface area contributed by atoms with Gasteiger partial charge >= 0.3 is 12.1 Å². The van der Waals surface area contributed by atoms with E-state index in [0.29, 0.717) is 28.4 Å². The van der Waals surface area contributed by atoms with Gasteiger partial charge in [0.15, 0.2) is 0 Å². The molecule has 1 atom stereocenters. The first-order valence-corrected chi connectivity index (χ1v) is 15.0. The van der Waals surface area contributed by atoms with Crippen molar-refractivity contribution in [2.45, 2.75) is 69.6 Å². The van der Waals surface area contributed by atoms with E-state index in [2.05, 4.69) is 10.2 Å². The van der Waals surface area contributed by atoms with Gasteiger partial charge in [0.1, 0.15) is 12.4 Å². The van der Waals surface area contributed by atoms with Gasteiger partial charge in [0.25, 0.3) is 0 Å². The third kappa shape index (κ3) is 5.97. The molecule has 0 aliphatic heterocycles. The fourth-order valence-electron chi connectivity index (χ4n) is 6.80. The van der Waals surface area contributed by atoms with Gasteiger partial charge in [-0.15, -0.1) is 11.3 Å². The molecule has 9 nitrogen and oxygen atoms in total. The van der Waals surface area contributed by atoms with Crippen LogP contribution in [0.1, 0.15) is 61.8 Å². The van der Waals surface area contributed by atoms with Gasteiger partial charge in [-0.1, -0.05) is 30.5 Å². The normalized spacial score (nSPS) is 22.1. The molecule has 1 aromatic heterocycles. The number of nitrogens with one attached hydrogen (secondary N) is 1. The van der Waals surface area contributed by atoms with Gasteiger partial charge in [0.05, 0.1) is 24.4 Å². The Morgan fingerprint density at radius 1 is 1.23 bits per heavy atom. The average molecular weight is 595 g/mol. The number of carboxylic acids is 1. The SMILES string of the molecule is COc1cc(NC(=O)OCCN(C)C2CCC(C3([C@](O)(C(=O)O)c4cccs4)CCCC3)CC2)c(Cl)cc1CO. The number of carboxylic acid groups (broad SMARTS) is 1. The molecule has 2 saturated carbocycles. The fraction of sp³-hybridized carbons (Fsp3) is 0.586. The summed E-state index contributed by atoms with van der Waals surface area (Å²) >= 11 is 7.54. The number of likely N-dealkylation sites (N-methyl/N-ethyl adjacent to an activating group) is 1. The van der Waals surface area contributed by atoms with Crippen molar-refractivity contribution in [1.82, 2.24) is 4.90 Å². The van der Waals surface area contributed by atoms with E-state index in [1.54, 1.807) is 12.1 Å². The summed E-state index contributed by atoms with van der Waals surface area (Å²) < 4.78 is 10.6. The first kappa shape index (κ1) is 30.6. The molecule has 40 heavy (non-hydrogen) atoms. The lowest BCUT2D eigenvalue weighted by atomic mass is 9.58. The first-order valence-electron chi connectivity index (χ1n) is 13.8. The molecule has 0 radical (unpaired) electrons. The summed E-state index contributed by atoms with van der Waals surface area (Å²) in [6, 6.07) is 6.92. The Hall–Kier alpha value is -2.37. The Bertz CT molecular complexity index is 1160. The molecular weight excluding hydrogens is 556 g/mol. The standard InChI is InChI=1S/C29H39ClN2O7S/c1-32(13-14-39-27(36)31-23-17-24(38-2)19(18-33)16-22(23)30)21-9-7-20(8-10-21)28(11-3-4-12-28)29(37,26(34)35)25-6-5-15-40-25/h5-6,15-17,20-21,33,37H,3-4,7-14,18H2,1-2H3,(H,31,36)(H,34,35)/t20?,21?,29-/m1/s1. The van der Waals surface area contributed by atoms with Crippen LogP contribution in [0.25, 0.3) is 0 Å². The van der Waals surface area contributed by atoms with E-state index in [1.165, 1.54) is 24.5 Å². The number of nitrogens with zero attached hydrogens (tertiary/aromatic N) is 1. The average Bonchev–Trinajstić information content (AvgIpc) is 3.67. The molecular formula is C29H39ClN2O7S. The number of aliphatic hydroxyl groups excluding tert-OH is 1. The van der Waals surface area contributed by atoms with E-state index >= 15 is 0 Å². The summed E-state index contributed by atoms with van der Waals surface area (Å²) in [7, 11) is 3.48. The number of benzene rings is 1. The highest BCUT2D eigenvalue weighted by atomic mass is 35.5. The molecule has 1 heterocycles. The molecule has 2 aliphatic carbocycles. The third-order valence-electron chi connectivity index (χ3n) is 8.96. The van der Waals surface area contributed by atoms with Crippen molar-refractivity contribution in [3.05, 3.63) is 45.1 Å². The lowest BCUT2D eigenvalue weighted by molar-refractivity contribution is -0.187. The van der Waals surface area contributed by atoms with Crippen molar-refractivity contribution in [2.24, 2.45) is 11.3 Å². The monoisotopic (exact) mass is 594 g/mol. The Labute approximate surface area is 244 Å². The number of hydrogen-bond acceptors (Lipinski definition) is 8. The summed E-state index contributed by atoms with van der Waals surface area (Å²) in [5, 5.41) is 36.2. The summed E-state index contributed by atoms with van der Waals surface area (Å²) in [5.74, 6) is -0.603. The molecule has 2 aliphatic rings. The predicted octanol–water partition coefficient (Wildman–Crippen LogP) is 5.47. The van der Waals surface area contributed by atoms with Crippen LogP contribution in [-0.2, 0) is 21.7 Å². The summed E-state index contributed by atoms with van der Waals surface area (Å²) in [4.78, 5) is 27.7. The number of carbonyl (C=O) groups is 2. The number of aliphatic hydroxyl groups is 2. The summed E-state index contributed by atoms with van der Waals surface area (Å²) in [6.07, 6.45) is 6.16. The lowest BCUT2D eigenvalue weighted by Crippen LogP contribution is -2.55. The topological polar surface area (TPSA) is 129 Å². The zero-order chi connectivity index (χ0) is 28.9. The third-order valence-corrected chi connectivity index (χ3v) is 10.3. The van der Waals surface area contributed by atoms with Crippen LogP contribution in [-0.4, -0.2) is 65.6 Å². The van der Waals surface area contributed by atoms with Crippen molar-refractivity contribution in [1.29, 1.82) is 0 Å². The number of methoxy groups -OCH3 is 1. The van der Waals surface area contributed by atoms with Crippen LogP contribution in [0.4, 0.5) is 10.5 Å². The quantitative estimate of drug-likeness (QED) is 0.269. The number of anilines is 1. The maximum atomic E-state index is 12.6. The molecule has 0 bridgehead atoms. The van der Waals surface area contributed by atoms with Crippen LogP contribution in [0.15, 0.2) is 29.6 Å². The predicted molar refractivity (Wildman–Crippen MR) is 154 cm³/mol. The van der Waals surface area contributed by atoms with Crippen molar-refractivity contribution in [2.75, 3.05) is 32.6 Å². The smallest absolute Gasteiger partial charge is 0.411 e. The minimum absolute atomic E-state index is 0.129. The van der Waals surface area contributed by atoms with Crippen LogP contribution >= 0.6 is 22.9 Å². The van der Waals surface area contributed by atoms with E-state index in [1.807, 2.05) is 18.5 Å². The molecule has 2 fully saturated rings. The van der Waals surface area contributed by atoms with Crippen LogP contribution in [0.3, 0.4) is 0 Å². The molecule has 2 aromatic rings. The van der Waals surface area contributed by atoms with E-state index in [0.717, 1.165) is 51.4 Å². The fourth-order valence-corrected chi connectivity index (χ4v) is 7.96. The second-order valence-corrected chi connectivity index (χ2v) is 12.3. The number of halogens is 1. The number of carbonyl (C=O) groups excluding carboxylic acids is 1. The summed E-state index contributed by atoms with van der Waals surface area (Å²) in [6.45, 7) is 0.493. The molecule has 0 saturated heterocycles. The van der Waals surface area contributed by atoms with Gasteiger partial charge in [-0.3, -0.25) is 5.32 Å². The maximum Gasteiger partial charge on any atom is 0.411 e. The van der Waals surface area contributed by atoms with Crippen molar-refractivity contribution in [3.8, 4) is 5.75 Å². The number of ether oxygens (including phenoxy) is 2. The van der Waals surface area contributed by atoms with Gasteiger partial charge in [-0.25, -0.2) is 9.59 Å². The lowest BCUT2D eigenvalue weighted by Gasteiger charge is -2.50. The first-order chi connectivity index (χ1) is 19.2. The molecule has 11 heteroatoms. The van der Waals surface area contributed by atoms with E-state index in [-0.39, 0.29) is 30.2 Å². The Morgan fingerprint density at radius 3 is 2.50 bits per heavy atom. The van der Waals surface area contributed by atoms with Gasteiger partial charge in [-0.2, -0.15) is 0 Å². The van der Waals surface area contributed by atoms with Crippen LogP contribution < -0.4 is 10.1 Å². The number of aliphatic carboxylic acids is 1. The number of amides is 1. The Morgan fingerprint density at radius 2 is 1.93 bits per heavy atom. The van der Waals surface area contributed by atoms with Gasteiger partial charge in [0, 0.05) is 34.5 Å². The van der Waals surface area contributed by atoms with Gasteiger partial charge in [-0.05, 0) is 69.0 Å². The van der Waals surface area contributed by atoms with Crippen molar-refractivity contribution < 1.29 is 34.4 Å². The molecule has 1 aromatic carbocycles. The highest BCUT2D eigenvalue weighted by Crippen LogP contribution is 2.60. The highest BCUT2D eigenvalue weighted by molar-refractivity contribution is 7.10. The van der Waals surface area contributed by atoms with Gasteiger partial charge < -0.3 is 29.7 Å². The zero-order valence-electron chi connectivity index (χ0n) is 23.0. The molecule has 4 N–H and O–H groups in total. The van der Waals surface area contributed by atoms with Crippen LogP contribution in [0.5, 0.6) is 5.75 Å². The second-order valence-electron chi connectivity index (χ2n) is 10.9. The summed E-state index contributed by atoms with van der Waals surface area (Å²) in [5.41, 5.74) is -1.68. The second kappa shape index (κ2) is 13.1. The Kier molecular flexibility index (Phi) is 10.00. The molecule has 0 unspecified atom stereocenters. The van der Waals surface area contributed by atoms with Crippen molar-refractivity contribution in [3.63, 3.8) is 0 Å². The number of hydrogen-bond donors (Lipinski definition) is 4. The zero-order valence-corrected chi connectivity index (χ0v) is 24.6. The van der Waals surface area contributed by atoms with E-state index in [4.69, 9.17) is 21.1 Å². The number of rotatable bonds is 11. The van der Waals surface area contributed by atoms with E-state index in [9.17, 15) is 24.9 Å². The van der Waals surface area contributed by atoms with Crippen LogP contribution in [0.2, 0.25) is 5.02 Å². The largest absolute Gasteiger partial charge is 0.496 e. The Balaban J connectivity index is 1.30. The van der Waals surface area contributed by atoms with Crippen molar-refractivity contribution >= 4 is 40.7 Å². The minimum atomic E-state index is -1.87. The molecule has 220 valence electrons. The van der Waals surface area contributed by atoms with Crippen LogP contribution in [0, 0.1) is 11.3 Å². The van der Waals surface area contributed by atoms with Gasteiger partial charge in [0.2, 0.25) is 5.60 Å². The minimum Gasteiger partial charge on any atom is -0.496 e. The van der Waals surface area contributed by atoms with E-state index < -0.39 is 23.1 Å². The highest BCUT2D eigenvalue weighted by Gasteiger charge is 2.61. The molecule has 0 spiro atoms. The molecule has 1 amide bonds. The maximum absolute atomic E-state index is 12.6. The number of thiophene rings is 1. The molecule has 4 rings (SSSR count).